The fourth-order valence-corrected chi connectivity index (χ4v) is 3.69. The van der Waals surface area contributed by atoms with Crippen molar-refractivity contribution in [3.63, 3.8) is 0 Å². The Kier molecular flexibility index (Phi) is 6.26. The highest BCUT2D eigenvalue weighted by atomic mass is 35.5. The number of amides is 1. The molecule has 4 rings (SSSR count). The van der Waals surface area contributed by atoms with Crippen molar-refractivity contribution in [2.45, 2.75) is 6.54 Å². The highest BCUT2D eigenvalue weighted by Gasteiger charge is 2.20. The maximum absolute atomic E-state index is 12.3. The summed E-state index contributed by atoms with van der Waals surface area (Å²) < 4.78 is 5.82. The normalized spacial score (nSPS) is 14.6. The van der Waals surface area contributed by atoms with Gasteiger partial charge in [0.2, 0.25) is 5.91 Å². The van der Waals surface area contributed by atoms with Gasteiger partial charge in [0, 0.05) is 36.8 Å². The molecule has 0 bridgehead atoms. The number of carbonyl (C=O) groups is 1. The minimum absolute atomic E-state index is 0.0320. The van der Waals surface area contributed by atoms with Crippen molar-refractivity contribution in [2.24, 2.45) is 0 Å². The first-order chi connectivity index (χ1) is 14.6. The average molecular weight is 426 g/mol. The van der Waals surface area contributed by atoms with E-state index in [0.717, 1.165) is 43.2 Å². The molecule has 1 aliphatic rings. The van der Waals surface area contributed by atoms with Gasteiger partial charge < -0.3 is 19.7 Å². The molecule has 0 saturated carbocycles. The first kappa shape index (κ1) is 20.3. The lowest BCUT2D eigenvalue weighted by atomic mass is 10.2. The molecule has 1 aliphatic heterocycles. The summed E-state index contributed by atoms with van der Waals surface area (Å²) in [5.41, 5.74) is 1.79. The summed E-state index contributed by atoms with van der Waals surface area (Å²) in [6.45, 7) is 3.77. The van der Waals surface area contributed by atoms with Crippen molar-refractivity contribution in [3.8, 4) is 17.1 Å². The number of rotatable bonds is 6. The molecule has 0 spiro atoms. The number of halogens is 1. The predicted octanol–water partition coefficient (Wildman–Crippen LogP) is 3.74. The Balaban J connectivity index is 1.23. The third-order valence-electron chi connectivity index (χ3n) is 5.21. The molecule has 0 aliphatic carbocycles. The molecule has 0 radical (unpaired) electrons. The highest BCUT2D eigenvalue weighted by molar-refractivity contribution is 6.30. The van der Waals surface area contributed by atoms with E-state index in [1.807, 2.05) is 54.6 Å². The number of hydrogen-bond acceptors (Lipinski definition) is 5. The van der Waals surface area contributed by atoms with E-state index < -0.39 is 0 Å². The van der Waals surface area contributed by atoms with Crippen LogP contribution in [0.5, 0.6) is 5.75 Å². The Morgan fingerprint density at radius 2 is 1.73 bits per heavy atom. The smallest absolute Gasteiger partial charge is 0.234 e. The predicted molar refractivity (Wildman–Crippen MR) is 118 cm³/mol. The number of piperazine rings is 1. The van der Waals surface area contributed by atoms with Crippen LogP contribution in [0.1, 0.15) is 5.76 Å². The van der Waals surface area contributed by atoms with E-state index in [1.54, 1.807) is 6.07 Å². The number of phenols is 1. The fourth-order valence-electron chi connectivity index (χ4n) is 3.57. The third kappa shape index (κ3) is 4.96. The summed E-state index contributed by atoms with van der Waals surface area (Å²) in [6, 6.07) is 18.6. The topological polar surface area (TPSA) is 69.0 Å². The molecule has 2 N–H and O–H groups in total. The standard InChI is InChI=1S/C23H24ClN3O3/c24-18-7-5-17(6-8-18)22-10-9-19(30-22)15-25-23(29)16-26-11-13-27(14-12-26)20-3-1-2-4-21(20)28/h1-10,28H,11-16H2,(H,25,29). The quantitative estimate of drug-likeness (QED) is 0.629. The van der Waals surface area contributed by atoms with Gasteiger partial charge in [-0.15, -0.1) is 0 Å². The Bertz CT molecular complexity index is 995. The molecule has 7 heteroatoms. The van der Waals surface area contributed by atoms with Gasteiger partial charge in [0.1, 0.15) is 17.3 Å². The van der Waals surface area contributed by atoms with E-state index in [4.69, 9.17) is 16.0 Å². The molecular weight excluding hydrogens is 402 g/mol. The van der Waals surface area contributed by atoms with Gasteiger partial charge in [-0.05, 0) is 48.5 Å². The van der Waals surface area contributed by atoms with E-state index in [0.29, 0.717) is 29.6 Å². The first-order valence-electron chi connectivity index (χ1n) is 9.95. The third-order valence-corrected chi connectivity index (χ3v) is 5.46. The number of carbonyl (C=O) groups excluding carboxylic acids is 1. The molecule has 30 heavy (non-hydrogen) atoms. The number of furan rings is 1. The molecule has 1 aromatic heterocycles. The van der Waals surface area contributed by atoms with Crippen molar-refractivity contribution in [1.29, 1.82) is 0 Å². The molecule has 0 unspecified atom stereocenters. The van der Waals surface area contributed by atoms with E-state index in [1.165, 1.54) is 0 Å². The number of aromatic hydroxyl groups is 1. The molecule has 6 nitrogen and oxygen atoms in total. The minimum atomic E-state index is -0.0320. The lowest BCUT2D eigenvalue weighted by Gasteiger charge is -2.35. The molecule has 1 amide bonds. The van der Waals surface area contributed by atoms with Gasteiger partial charge >= 0.3 is 0 Å². The molecule has 2 heterocycles. The van der Waals surface area contributed by atoms with Crippen molar-refractivity contribution in [1.82, 2.24) is 10.2 Å². The van der Waals surface area contributed by atoms with Crippen molar-refractivity contribution >= 4 is 23.2 Å². The van der Waals surface area contributed by atoms with Gasteiger partial charge in [-0.3, -0.25) is 9.69 Å². The monoisotopic (exact) mass is 425 g/mol. The van der Waals surface area contributed by atoms with Crippen molar-refractivity contribution in [2.75, 3.05) is 37.6 Å². The van der Waals surface area contributed by atoms with E-state index in [-0.39, 0.29) is 5.91 Å². The second kappa shape index (κ2) is 9.24. The van der Waals surface area contributed by atoms with Crippen LogP contribution < -0.4 is 10.2 Å². The maximum Gasteiger partial charge on any atom is 0.234 e. The average Bonchev–Trinajstić information content (AvgIpc) is 3.23. The van der Waals surface area contributed by atoms with Gasteiger partial charge in [-0.25, -0.2) is 0 Å². The number of phenolic OH excluding ortho intramolecular Hbond substituents is 1. The van der Waals surface area contributed by atoms with Crippen LogP contribution in [0.4, 0.5) is 5.69 Å². The van der Waals surface area contributed by atoms with E-state index in [9.17, 15) is 9.90 Å². The van der Waals surface area contributed by atoms with Crippen LogP contribution >= 0.6 is 11.6 Å². The molecule has 3 aromatic rings. The van der Waals surface area contributed by atoms with E-state index in [2.05, 4.69) is 15.1 Å². The van der Waals surface area contributed by atoms with Gasteiger partial charge in [0.25, 0.3) is 0 Å². The van der Waals surface area contributed by atoms with Crippen LogP contribution in [0.2, 0.25) is 5.02 Å². The molecular formula is C23H24ClN3O3. The number of para-hydroxylation sites is 2. The lowest BCUT2D eigenvalue weighted by Crippen LogP contribution is -2.49. The van der Waals surface area contributed by atoms with Gasteiger partial charge in [0.05, 0.1) is 18.8 Å². The first-order valence-corrected chi connectivity index (χ1v) is 10.3. The molecule has 0 atom stereocenters. The Morgan fingerprint density at radius 3 is 2.47 bits per heavy atom. The Hall–Kier alpha value is -2.96. The van der Waals surface area contributed by atoms with Crippen LogP contribution in [0.15, 0.2) is 65.1 Å². The Labute approximate surface area is 180 Å². The summed E-state index contributed by atoms with van der Waals surface area (Å²) in [7, 11) is 0. The number of anilines is 1. The number of nitrogens with one attached hydrogen (secondary N) is 1. The largest absolute Gasteiger partial charge is 0.506 e. The molecule has 2 aromatic carbocycles. The van der Waals surface area contributed by atoms with Crippen LogP contribution in [0.3, 0.4) is 0 Å². The summed E-state index contributed by atoms with van der Waals surface area (Å²) in [4.78, 5) is 16.6. The van der Waals surface area contributed by atoms with Crippen LogP contribution in [-0.4, -0.2) is 48.6 Å². The van der Waals surface area contributed by atoms with E-state index >= 15 is 0 Å². The van der Waals surface area contributed by atoms with Gasteiger partial charge in [-0.1, -0.05) is 23.7 Å². The molecule has 1 saturated heterocycles. The number of benzene rings is 2. The van der Waals surface area contributed by atoms with Crippen LogP contribution in [0.25, 0.3) is 11.3 Å². The maximum atomic E-state index is 12.3. The summed E-state index contributed by atoms with van der Waals surface area (Å²) >= 11 is 5.92. The zero-order valence-corrected chi connectivity index (χ0v) is 17.3. The van der Waals surface area contributed by atoms with Crippen LogP contribution in [-0.2, 0) is 11.3 Å². The zero-order chi connectivity index (χ0) is 20.9. The summed E-state index contributed by atoms with van der Waals surface area (Å²) in [5, 5.41) is 13.6. The Morgan fingerprint density at radius 1 is 1.00 bits per heavy atom. The number of nitrogens with zero attached hydrogens (tertiary/aromatic N) is 2. The molecule has 156 valence electrons. The second-order valence-corrected chi connectivity index (χ2v) is 7.74. The zero-order valence-electron chi connectivity index (χ0n) is 16.6. The van der Waals surface area contributed by atoms with Crippen LogP contribution in [0, 0.1) is 0 Å². The lowest BCUT2D eigenvalue weighted by molar-refractivity contribution is -0.122. The van der Waals surface area contributed by atoms with Gasteiger partial charge in [-0.2, -0.15) is 0 Å². The summed E-state index contributed by atoms with van der Waals surface area (Å²) in [5.74, 6) is 1.71. The van der Waals surface area contributed by atoms with Crippen molar-refractivity contribution < 1.29 is 14.3 Å². The highest BCUT2D eigenvalue weighted by Crippen LogP contribution is 2.27. The van der Waals surface area contributed by atoms with Gasteiger partial charge in [0.15, 0.2) is 0 Å². The SMILES string of the molecule is O=C(CN1CCN(c2ccccc2O)CC1)NCc1ccc(-c2ccc(Cl)cc2)o1. The summed E-state index contributed by atoms with van der Waals surface area (Å²) in [6.07, 6.45) is 0. The minimum Gasteiger partial charge on any atom is -0.506 e. The fraction of sp³-hybridized carbons (Fsp3) is 0.261. The second-order valence-electron chi connectivity index (χ2n) is 7.30. The number of hydrogen-bond donors (Lipinski definition) is 2. The van der Waals surface area contributed by atoms with Crippen molar-refractivity contribution in [3.05, 3.63) is 71.4 Å². The molecule has 1 fully saturated rings.